The lowest BCUT2D eigenvalue weighted by atomic mass is 10.2. The van der Waals surface area contributed by atoms with Crippen molar-refractivity contribution in [3.05, 3.63) is 69.7 Å². The van der Waals surface area contributed by atoms with E-state index in [2.05, 4.69) is 26.5 Å². The number of hydrogen-bond donors (Lipinski definition) is 1. The van der Waals surface area contributed by atoms with Gasteiger partial charge >= 0.3 is 0 Å². The fraction of sp³-hybridized carbons (Fsp3) is 0.0667. The first-order valence-electron chi connectivity index (χ1n) is 5.81. The van der Waals surface area contributed by atoms with E-state index < -0.39 is 0 Å². The van der Waals surface area contributed by atoms with Crippen LogP contribution in [0.25, 0.3) is 0 Å². The standard InChI is InChI=1S/C15H13BrN2O/c1-11-4-2-5-12(8-11)10-17-18-15(19)13-6-3-7-14(16)9-13/h2-10H,1H3,(H,18,19)/b17-10+. The minimum atomic E-state index is -0.231. The van der Waals surface area contributed by atoms with E-state index in [1.807, 2.05) is 43.3 Å². The monoisotopic (exact) mass is 316 g/mol. The van der Waals surface area contributed by atoms with Crippen LogP contribution in [0.4, 0.5) is 0 Å². The summed E-state index contributed by atoms with van der Waals surface area (Å²) in [6.45, 7) is 2.01. The molecule has 0 unspecified atom stereocenters. The molecule has 0 bridgehead atoms. The summed E-state index contributed by atoms with van der Waals surface area (Å²) in [5.41, 5.74) is 5.18. The summed E-state index contributed by atoms with van der Waals surface area (Å²) in [5, 5.41) is 3.95. The highest BCUT2D eigenvalue weighted by molar-refractivity contribution is 9.10. The fourth-order valence-electron chi connectivity index (χ4n) is 1.61. The minimum absolute atomic E-state index is 0.231. The summed E-state index contributed by atoms with van der Waals surface area (Å²) in [5.74, 6) is -0.231. The van der Waals surface area contributed by atoms with Gasteiger partial charge in [0, 0.05) is 10.0 Å². The van der Waals surface area contributed by atoms with E-state index in [1.165, 1.54) is 0 Å². The number of rotatable bonds is 3. The lowest BCUT2D eigenvalue weighted by Gasteiger charge is -2.00. The van der Waals surface area contributed by atoms with Crippen LogP contribution < -0.4 is 5.43 Å². The zero-order valence-corrected chi connectivity index (χ0v) is 12.0. The first-order chi connectivity index (χ1) is 9.15. The predicted molar refractivity (Wildman–Crippen MR) is 80.4 cm³/mol. The molecule has 3 nitrogen and oxygen atoms in total. The van der Waals surface area contributed by atoms with Crippen LogP contribution in [0.3, 0.4) is 0 Å². The summed E-state index contributed by atoms with van der Waals surface area (Å²) in [6.07, 6.45) is 1.63. The summed E-state index contributed by atoms with van der Waals surface area (Å²) >= 11 is 3.32. The molecule has 96 valence electrons. The Morgan fingerprint density at radius 3 is 2.74 bits per heavy atom. The average Bonchev–Trinajstić information content (AvgIpc) is 2.38. The van der Waals surface area contributed by atoms with Crippen molar-refractivity contribution < 1.29 is 4.79 Å². The van der Waals surface area contributed by atoms with Crippen molar-refractivity contribution in [2.45, 2.75) is 6.92 Å². The van der Waals surface area contributed by atoms with Crippen molar-refractivity contribution in [1.29, 1.82) is 0 Å². The zero-order valence-electron chi connectivity index (χ0n) is 10.4. The maximum Gasteiger partial charge on any atom is 0.271 e. The number of carbonyl (C=O) groups excluding carboxylic acids is 1. The first-order valence-corrected chi connectivity index (χ1v) is 6.60. The Morgan fingerprint density at radius 2 is 2.00 bits per heavy atom. The molecule has 4 heteroatoms. The van der Waals surface area contributed by atoms with Gasteiger partial charge in [-0.1, -0.05) is 51.8 Å². The van der Waals surface area contributed by atoms with Gasteiger partial charge in [0.25, 0.3) is 5.91 Å². The van der Waals surface area contributed by atoms with Crippen molar-refractivity contribution in [2.75, 3.05) is 0 Å². The SMILES string of the molecule is Cc1cccc(/C=N/NC(=O)c2cccc(Br)c2)c1. The van der Waals surface area contributed by atoms with Crippen molar-refractivity contribution >= 4 is 28.1 Å². The van der Waals surface area contributed by atoms with Crippen molar-refractivity contribution in [1.82, 2.24) is 5.43 Å². The molecule has 0 atom stereocenters. The van der Waals surface area contributed by atoms with Crippen LogP contribution in [-0.4, -0.2) is 12.1 Å². The molecule has 0 aliphatic heterocycles. The normalized spacial score (nSPS) is 10.6. The van der Waals surface area contributed by atoms with Crippen LogP contribution in [0.15, 0.2) is 58.1 Å². The van der Waals surface area contributed by atoms with Gasteiger partial charge in [0.2, 0.25) is 0 Å². The topological polar surface area (TPSA) is 41.5 Å². The van der Waals surface area contributed by atoms with Gasteiger partial charge in [-0.25, -0.2) is 5.43 Å². The molecule has 0 spiro atoms. The predicted octanol–water partition coefficient (Wildman–Crippen LogP) is 3.52. The smallest absolute Gasteiger partial charge is 0.267 e. The molecule has 2 aromatic rings. The molecule has 0 aromatic heterocycles. The fourth-order valence-corrected chi connectivity index (χ4v) is 2.01. The number of amides is 1. The number of halogens is 1. The highest BCUT2D eigenvalue weighted by Gasteiger charge is 2.03. The summed E-state index contributed by atoms with van der Waals surface area (Å²) < 4.78 is 0.864. The Kier molecular flexibility index (Phi) is 4.47. The molecule has 2 aromatic carbocycles. The largest absolute Gasteiger partial charge is 0.271 e. The molecule has 0 saturated heterocycles. The van der Waals surface area contributed by atoms with E-state index in [-0.39, 0.29) is 5.91 Å². The van der Waals surface area contributed by atoms with E-state index in [0.29, 0.717) is 5.56 Å². The summed E-state index contributed by atoms with van der Waals surface area (Å²) in [4.78, 5) is 11.8. The Labute approximate surface area is 120 Å². The summed E-state index contributed by atoms with van der Waals surface area (Å²) in [6, 6.07) is 15.1. The Balaban J connectivity index is 2.01. The zero-order chi connectivity index (χ0) is 13.7. The number of nitrogens with one attached hydrogen (secondary N) is 1. The van der Waals surface area contributed by atoms with Crippen LogP contribution >= 0.6 is 15.9 Å². The van der Waals surface area contributed by atoms with Gasteiger partial charge in [-0.15, -0.1) is 0 Å². The lowest BCUT2D eigenvalue weighted by Crippen LogP contribution is -2.17. The first kappa shape index (κ1) is 13.5. The van der Waals surface area contributed by atoms with Gasteiger partial charge in [0.05, 0.1) is 6.21 Å². The van der Waals surface area contributed by atoms with Crippen molar-refractivity contribution in [3.63, 3.8) is 0 Å². The molecule has 1 N–H and O–H groups in total. The number of hydrazone groups is 1. The van der Waals surface area contributed by atoms with Gasteiger partial charge in [0.1, 0.15) is 0 Å². The van der Waals surface area contributed by atoms with E-state index in [1.54, 1.807) is 18.3 Å². The van der Waals surface area contributed by atoms with Crippen LogP contribution in [0.2, 0.25) is 0 Å². The number of carbonyl (C=O) groups is 1. The van der Waals surface area contributed by atoms with E-state index in [9.17, 15) is 4.79 Å². The average molecular weight is 317 g/mol. The number of hydrogen-bond acceptors (Lipinski definition) is 2. The highest BCUT2D eigenvalue weighted by Crippen LogP contribution is 2.11. The molecule has 0 radical (unpaired) electrons. The van der Waals surface area contributed by atoms with Crippen molar-refractivity contribution in [2.24, 2.45) is 5.10 Å². The van der Waals surface area contributed by atoms with Crippen LogP contribution in [0.1, 0.15) is 21.5 Å². The molecule has 19 heavy (non-hydrogen) atoms. The van der Waals surface area contributed by atoms with Crippen LogP contribution in [0.5, 0.6) is 0 Å². The van der Waals surface area contributed by atoms with E-state index in [0.717, 1.165) is 15.6 Å². The van der Waals surface area contributed by atoms with Gasteiger partial charge in [-0.05, 0) is 30.7 Å². The molecule has 2 rings (SSSR count). The molecule has 0 fully saturated rings. The van der Waals surface area contributed by atoms with Gasteiger partial charge in [-0.3, -0.25) is 4.79 Å². The van der Waals surface area contributed by atoms with Crippen LogP contribution in [-0.2, 0) is 0 Å². The van der Waals surface area contributed by atoms with Gasteiger partial charge in [0.15, 0.2) is 0 Å². The second kappa shape index (κ2) is 6.29. The quantitative estimate of drug-likeness (QED) is 0.683. The van der Waals surface area contributed by atoms with Gasteiger partial charge in [-0.2, -0.15) is 5.10 Å². The molecular formula is C15H13BrN2O. The molecular weight excluding hydrogens is 304 g/mol. The minimum Gasteiger partial charge on any atom is -0.267 e. The molecule has 0 aliphatic rings. The lowest BCUT2D eigenvalue weighted by molar-refractivity contribution is 0.0955. The molecule has 1 amide bonds. The molecule has 0 aliphatic carbocycles. The Hall–Kier alpha value is -1.94. The number of nitrogens with zero attached hydrogens (tertiary/aromatic N) is 1. The van der Waals surface area contributed by atoms with E-state index in [4.69, 9.17) is 0 Å². The van der Waals surface area contributed by atoms with Crippen molar-refractivity contribution in [3.8, 4) is 0 Å². The Morgan fingerprint density at radius 1 is 1.21 bits per heavy atom. The number of benzene rings is 2. The highest BCUT2D eigenvalue weighted by atomic mass is 79.9. The molecule has 0 saturated carbocycles. The second-order valence-corrected chi connectivity index (χ2v) is 5.04. The Bertz CT molecular complexity index is 623. The van der Waals surface area contributed by atoms with Crippen LogP contribution in [0, 0.1) is 6.92 Å². The van der Waals surface area contributed by atoms with Gasteiger partial charge < -0.3 is 0 Å². The third kappa shape index (κ3) is 4.03. The third-order valence-electron chi connectivity index (χ3n) is 2.51. The molecule has 0 heterocycles. The van der Waals surface area contributed by atoms with E-state index >= 15 is 0 Å². The number of aryl methyl sites for hydroxylation is 1. The third-order valence-corrected chi connectivity index (χ3v) is 3.00. The maximum atomic E-state index is 11.8. The summed E-state index contributed by atoms with van der Waals surface area (Å²) in [7, 11) is 0. The maximum absolute atomic E-state index is 11.8. The second-order valence-electron chi connectivity index (χ2n) is 4.12.